The van der Waals surface area contributed by atoms with Gasteiger partial charge in [0.2, 0.25) is 0 Å². The Hall–Kier alpha value is -2.79. The lowest BCUT2D eigenvalue weighted by Crippen LogP contribution is -2.45. The van der Waals surface area contributed by atoms with Crippen LogP contribution in [0.15, 0.2) is 53.4 Å². The van der Waals surface area contributed by atoms with Gasteiger partial charge in [-0.2, -0.15) is 21.6 Å². The van der Waals surface area contributed by atoms with E-state index in [4.69, 9.17) is 8.92 Å². The Morgan fingerprint density at radius 1 is 1.21 bits per heavy atom. The van der Waals surface area contributed by atoms with Gasteiger partial charge in [-0.1, -0.05) is 24.3 Å². The van der Waals surface area contributed by atoms with Crippen LogP contribution in [0.3, 0.4) is 0 Å². The Morgan fingerprint density at radius 3 is 2.59 bits per heavy atom. The van der Waals surface area contributed by atoms with E-state index in [0.29, 0.717) is 24.8 Å². The average Bonchev–Trinajstić information content (AvgIpc) is 3.26. The molecule has 1 saturated heterocycles. The highest BCUT2D eigenvalue weighted by Gasteiger charge is 2.32. The molecule has 1 aliphatic rings. The highest BCUT2D eigenvalue weighted by molar-refractivity contribution is 7.87. The van der Waals surface area contributed by atoms with Gasteiger partial charge in [-0.15, -0.1) is 0 Å². The molecule has 2 amide bonds. The smallest absolute Gasteiger partial charge is 0.379 e. The molecule has 7 nitrogen and oxygen atoms in total. The van der Waals surface area contributed by atoms with E-state index in [1.54, 1.807) is 18.2 Å². The van der Waals surface area contributed by atoms with Crippen LogP contribution < -0.4 is 9.50 Å². The summed E-state index contributed by atoms with van der Waals surface area (Å²) in [6.45, 7) is 4.57. The van der Waals surface area contributed by atoms with Crippen LogP contribution in [0.1, 0.15) is 37.8 Å². The van der Waals surface area contributed by atoms with Gasteiger partial charge in [0.15, 0.2) is 0 Å². The molecule has 0 spiro atoms. The minimum absolute atomic E-state index is 0.0205. The van der Waals surface area contributed by atoms with Gasteiger partial charge in [0.25, 0.3) is 0 Å². The maximum absolute atomic E-state index is 13.0. The van der Waals surface area contributed by atoms with Gasteiger partial charge in [-0.05, 0) is 51.0 Å². The Balaban J connectivity index is 1.85. The molecule has 0 aromatic heterocycles. The molecular formula is C23H27F3N2O5S. The summed E-state index contributed by atoms with van der Waals surface area (Å²) in [5.74, 6) is -0.0744. The summed E-state index contributed by atoms with van der Waals surface area (Å²) in [6.07, 6.45) is -3.15. The molecule has 1 fully saturated rings. The van der Waals surface area contributed by atoms with Crippen molar-refractivity contribution in [3.05, 3.63) is 59.7 Å². The predicted octanol–water partition coefficient (Wildman–Crippen LogP) is 4.57. The number of rotatable bonds is 8. The number of hydrogen-bond donors (Lipinski definition) is 1. The lowest BCUT2D eigenvalue weighted by Gasteiger charge is -2.27. The average molecular weight is 501 g/mol. The van der Waals surface area contributed by atoms with E-state index in [0.717, 1.165) is 31.0 Å². The number of halogens is 3. The van der Waals surface area contributed by atoms with Crippen molar-refractivity contribution in [2.24, 2.45) is 0 Å². The molecule has 1 atom stereocenters. The molecule has 0 saturated carbocycles. The Bertz CT molecular complexity index is 1100. The zero-order valence-corrected chi connectivity index (χ0v) is 19.7. The lowest BCUT2D eigenvalue weighted by atomic mass is 10.1. The summed E-state index contributed by atoms with van der Waals surface area (Å²) in [6, 6.07) is 9.07. The Morgan fingerprint density at radius 2 is 1.94 bits per heavy atom. The van der Waals surface area contributed by atoms with E-state index in [1.165, 1.54) is 11.0 Å². The summed E-state index contributed by atoms with van der Waals surface area (Å²) in [4.78, 5) is 13.7. The largest absolute Gasteiger partial charge is 0.416 e. The highest BCUT2D eigenvalue weighted by Crippen LogP contribution is 2.32. The molecule has 2 aromatic rings. The highest BCUT2D eigenvalue weighted by atomic mass is 32.2. The van der Waals surface area contributed by atoms with Crippen LogP contribution >= 0.6 is 0 Å². The first-order valence-electron chi connectivity index (χ1n) is 10.8. The van der Waals surface area contributed by atoms with Crippen LogP contribution in [0.4, 0.5) is 18.0 Å². The quantitative estimate of drug-likeness (QED) is 0.537. The topological polar surface area (TPSA) is 84.9 Å². The van der Waals surface area contributed by atoms with Crippen LogP contribution in [0.5, 0.6) is 5.75 Å². The van der Waals surface area contributed by atoms with Crippen molar-refractivity contribution in [1.29, 1.82) is 0 Å². The molecule has 2 aromatic carbocycles. The Kier molecular flexibility index (Phi) is 8.09. The summed E-state index contributed by atoms with van der Waals surface area (Å²) >= 11 is 0. The second kappa shape index (κ2) is 10.6. The Labute approximate surface area is 197 Å². The van der Waals surface area contributed by atoms with Gasteiger partial charge in [0.1, 0.15) is 10.6 Å². The van der Waals surface area contributed by atoms with Crippen molar-refractivity contribution in [1.82, 2.24) is 10.2 Å². The zero-order chi connectivity index (χ0) is 24.9. The molecule has 1 aliphatic heterocycles. The molecule has 11 heteroatoms. The van der Waals surface area contributed by atoms with Gasteiger partial charge in [-0.25, -0.2) is 4.79 Å². The number of ether oxygens (including phenoxy) is 1. The normalized spacial score (nSPS) is 16.5. The number of benzene rings is 2. The molecular weight excluding hydrogens is 473 g/mol. The second-order valence-electron chi connectivity index (χ2n) is 8.29. The molecule has 0 unspecified atom stereocenters. The van der Waals surface area contributed by atoms with Crippen molar-refractivity contribution in [2.75, 3.05) is 13.2 Å². The third kappa shape index (κ3) is 6.86. The summed E-state index contributed by atoms with van der Waals surface area (Å²) in [5.41, 5.74) is -0.714. The van der Waals surface area contributed by atoms with Gasteiger partial charge in [-0.3, -0.25) is 0 Å². The third-order valence-corrected chi connectivity index (χ3v) is 6.36. The minimum Gasteiger partial charge on any atom is -0.379 e. The minimum atomic E-state index is -4.70. The summed E-state index contributed by atoms with van der Waals surface area (Å²) in [5, 5.41) is 2.82. The molecule has 1 N–H and O–H groups in total. The number of carbonyl (C=O) groups excluding carboxylic acids is 1. The summed E-state index contributed by atoms with van der Waals surface area (Å²) in [7, 11) is -4.56. The fraction of sp³-hybridized carbons (Fsp3) is 0.435. The van der Waals surface area contributed by atoms with Crippen molar-refractivity contribution in [3.63, 3.8) is 0 Å². The van der Waals surface area contributed by atoms with E-state index in [1.807, 2.05) is 13.8 Å². The first kappa shape index (κ1) is 25.8. The first-order chi connectivity index (χ1) is 16.0. The standard InChI is InChI=1S/C23H27F3N2O5S/c1-16(2)27-22(29)28(15-19-9-6-12-32-19)14-17-7-3-4-11-21(17)33-34(30,31)20-10-5-8-18(13-20)23(24,25)26/h3-5,7-8,10-11,13,16,19H,6,9,12,14-15H2,1-2H3,(H,27,29)/t19-/m0/s1. The van der Waals surface area contributed by atoms with Gasteiger partial charge < -0.3 is 19.1 Å². The molecule has 34 heavy (non-hydrogen) atoms. The van der Waals surface area contributed by atoms with Gasteiger partial charge >= 0.3 is 22.3 Å². The molecule has 0 radical (unpaired) electrons. The zero-order valence-electron chi connectivity index (χ0n) is 18.8. The van der Waals surface area contributed by atoms with Crippen molar-refractivity contribution >= 4 is 16.1 Å². The van der Waals surface area contributed by atoms with E-state index in [9.17, 15) is 26.4 Å². The molecule has 0 aliphatic carbocycles. The van der Waals surface area contributed by atoms with E-state index < -0.39 is 26.8 Å². The molecule has 186 valence electrons. The van der Waals surface area contributed by atoms with Gasteiger partial charge in [0, 0.05) is 24.8 Å². The van der Waals surface area contributed by atoms with Crippen molar-refractivity contribution in [3.8, 4) is 5.75 Å². The molecule has 0 bridgehead atoms. The fourth-order valence-corrected chi connectivity index (χ4v) is 4.52. The van der Waals surface area contributed by atoms with E-state index >= 15 is 0 Å². The van der Waals surface area contributed by atoms with Crippen molar-refractivity contribution < 1.29 is 35.3 Å². The summed E-state index contributed by atoms with van der Waals surface area (Å²) < 4.78 is 75.5. The predicted molar refractivity (Wildman–Crippen MR) is 119 cm³/mol. The maximum atomic E-state index is 13.0. The number of urea groups is 1. The van der Waals surface area contributed by atoms with Crippen LogP contribution in [0.2, 0.25) is 0 Å². The van der Waals surface area contributed by atoms with E-state index in [2.05, 4.69) is 5.32 Å². The molecule has 1 heterocycles. The van der Waals surface area contributed by atoms with Gasteiger partial charge in [0.05, 0.1) is 18.2 Å². The number of hydrogen-bond acceptors (Lipinski definition) is 5. The number of nitrogens with zero attached hydrogens (tertiary/aromatic N) is 1. The SMILES string of the molecule is CC(C)NC(=O)N(Cc1ccccc1OS(=O)(=O)c1cccc(C(F)(F)F)c1)C[C@@H]1CCCO1. The number of alkyl halides is 3. The first-order valence-corrected chi connectivity index (χ1v) is 12.2. The number of carbonyl (C=O) groups is 1. The lowest BCUT2D eigenvalue weighted by molar-refractivity contribution is -0.137. The number of amides is 2. The monoisotopic (exact) mass is 500 g/mol. The molecule has 3 rings (SSSR count). The fourth-order valence-electron chi connectivity index (χ4n) is 3.51. The maximum Gasteiger partial charge on any atom is 0.416 e. The van der Waals surface area contributed by atoms with E-state index in [-0.39, 0.29) is 30.5 Å². The van der Waals surface area contributed by atoms with Crippen molar-refractivity contribution in [2.45, 2.75) is 56.5 Å². The van der Waals surface area contributed by atoms with Crippen LogP contribution in [0, 0.1) is 0 Å². The third-order valence-electron chi connectivity index (χ3n) is 5.13. The number of para-hydroxylation sites is 1. The van der Waals surface area contributed by atoms with Crippen LogP contribution in [-0.2, 0) is 27.6 Å². The van der Waals surface area contributed by atoms with Crippen LogP contribution in [0.25, 0.3) is 0 Å². The second-order valence-corrected chi connectivity index (χ2v) is 9.84. The number of nitrogens with one attached hydrogen (secondary N) is 1. The van der Waals surface area contributed by atoms with Crippen LogP contribution in [-0.4, -0.2) is 44.6 Å².